The van der Waals surface area contributed by atoms with Crippen LogP contribution in [-0.4, -0.2) is 61.7 Å². The summed E-state index contributed by atoms with van der Waals surface area (Å²) in [6.07, 6.45) is 4.11. The van der Waals surface area contributed by atoms with Gasteiger partial charge in [0.2, 0.25) is 0 Å². The van der Waals surface area contributed by atoms with Crippen molar-refractivity contribution < 1.29 is 0 Å². The molecule has 1 saturated heterocycles. The second-order valence-corrected chi connectivity index (χ2v) is 6.56. The zero-order valence-electron chi connectivity index (χ0n) is 14.3. The summed E-state index contributed by atoms with van der Waals surface area (Å²) in [4.78, 5) is 10.9. The van der Waals surface area contributed by atoms with Crippen molar-refractivity contribution in [1.82, 2.24) is 20.5 Å². The van der Waals surface area contributed by atoms with Gasteiger partial charge in [-0.1, -0.05) is 30.1 Å². The Labute approximate surface area is 154 Å². The molecule has 0 aromatic carbocycles. The van der Waals surface area contributed by atoms with Crippen molar-refractivity contribution in [3.05, 3.63) is 22.3 Å². The maximum atomic E-state index is 6.08. The second kappa shape index (κ2) is 9.91. The number of nitrogens with one attached hydrogen (secondary N) is 3. The summed E-state index contributed by atoms with van der Waals surface area (Å²) in [7, 11) is 1.78. The van der Waals surface area contributed by atoms with Gasteiger partial charge in [-0.25, -0.2) is 4.98 Å². The average Bonchev–Trinajstić information content (AvgIpc) is 3.03. The molecule has 1 unspecified atom stereocenters. The highest BCUT2D eigenvalue weighted by molar-refractivity contribution is 6.35. The van der Waals surface area contributed by atoms with Crippen LogP contribution in [0.3, 0.4) is 0 Å². The average molecular weight is 373 g/mol. The van der Waals surface area contributed by atoms with Crippen molar-refractivity contribution in [2.45, 2.75) is 25.8 Å². The Hall–Kier alpha value is -1.24. The van der Waals surface area contributed by atoms with E-state index in [2.05, 4.69) is 37.8 Å². The number of rotatable bonds is 7. The summed E-state index contributed by atoms with van der Waals surface area (Å²) in [5, 5.41) is 10.9. The first-order chi connectivity index (χ1) is 11.6. The lowest BCUT2D eigenvalue weighted by molar-refractivity contribution is 0.267. The van der Waals surface area contributed by atoms with Crippen LogP contribution in [0.4, 0.5) is 5.82 Å². The van der Waals surface area contributed by atoms with E-state index in [1.165, 1.54) is 19.4 Å². The smallest absolute Gasteiger partial charge is 0.191 e. The van der Waals surface area contributed by atoms with E-state index in [1.807, 2.05) is 0 Å². The van der Waals surface area contributed by atoms with Crippen LogP contribution in [0.25, 0.3) is 0 Å². The lowest BCUT2D eigenvalue weighted by atomic mass is 10.2. The largest absolute Gasteiger partial charge is 0.367 e. The molecule has 6 nitrogen and oxygen atoms in total. The standard InChI is InChI=1S/C16H26Cl2N6/c1-3-24-8-4-5-13(24)11-23-16(19-2)21-7-6-20-15-14(18)9-12(17)10-22-15/h9-10,13H,3-8,11H2,1-2H3,(H,20,22)(H2,19,21,23). The molecule has 1 aromatic heterocycles. The number of likely N-dealkylation sites (tertiary alicyclic amines) is 1. The Kier molecular flexibility index (Phi) is 7.88. The molecule has 1 aliphatic heterocycles. The maximum Gasteiger partial charge on any atom is 0.191 e. The third-order valence-electron chi connectivity index (χ3n) is 4.15. The molecular formula is C16H26Cl2N6. The number of anilines is 1. The predicted octanol–water partition coefficient (Wildman–Crippen LogP) is 2.45. The lowest BCUT2D eigenvalue weighted by Crippen LogP contribution is -2.45. The topological polar surface area (TPSA) is 64.6 Å². The number of halogens is 2. The van der Waals surface area contributed by atoms with E-state index >= 15 is 0 Å². The van der Waals surface area contributed by atoms with Crippen LogP contribution in [0.1, 0.15) is 19.8 Å². The number of hydrogen-bond acceptors (Lipinski definition) is 4. The number of nitrogens with zero attached hydrogens (tertiary/aromatic N) is 3. The monoisotopic (exact) mass is 372 g/mol. The van der Waals surface area contributed by atoms with E-state index in [-0.39, 0.29) is 0 Å². The molecule has 1 fully saturated rings. The van der Waals surface area contributed by atoms with Crippen molar-refractivity contribution in [3.63, 3.8) is 0 Å². The molecule has 1 atom stereocenters. The third kappa shape index (κ3) is 5.69. The Morgan fingerprint density at radius 2 is 2.21 bits per heavy atom. The Balaban J connectivity index is 1.68. The number of aromatic nitrogens is 1. The summed E-state index contributed by atoms with van der Waals surface area (Å²) in [6, 6.07) is 2.27. The predicted molar refractivity (Wildman–Crippen MR) is 102 cm³/mol. The molecule has 1 aliphatic rings. The van der Waals surface area contributed by atoms with Gasteiger partial charge in [-0.2, -0.15) is 0 Å². The molecule has 2 heterocycles. The minimum absolute atomic E-state index is 0.519. The highest BCUT2D eigenvalue weighted by atomic mass is 35.5. The molecule has 0 saturated carbocycles. The molecule has 0 amide bonds. The highest BCUT2D eigenvalue weighted by Gasteiger charge is 2.22. The van der Waals surface area contributed by atoms with Crippen LogP contribution >= 0.6 is 23.2 Å². The van der Waals surface area contributed by atoms with Crippen molar-refractivity contribution >= 4 is 35.0 Å². The van der Waals surface area contributed by atoms with Crippen LogP contribution in [0.2, 0.25) is 10.0 Å². The van der Waals surface area contributed by atoms with E-state index in [0.29, 0.717) is 35.0 Å². The Bertz CT molecular complexity index is 551. The first kappa shape index (κ1) is 19.1. The fourth-order valence-electron chi connectivity index (χ4n) is 2.88. The molecule has 0 radical (unpaired) electrons. The molecular weight excluding hydrogens is 347 g/mol. The van der Waals surface area contributed by atoms with Crippen LogP contribution < -0.4 is 16.0 Å². The third-order valence-corrected chi connectivity index (χ3v) is 4.65. The highest BCUT2D eigenvalue weighted by Crippen LogP contribution is 2.22. The van der Waals surface area contributed by atoms with Crippen LogP contribution in [0.5, 0.6) is 0 Å². The van der Waals surface area contributed by atoms with Gasteiger partial charge in [0, 0.05) is 38.9 Å². The van der Waals surface area contributed by atoms with E-state index in [4.69, 9.17) is 23.2 Å². The number of likely N-dealkylation sites (N-methyl/N-ethyl adjacent to an activating group) is 1. The van der Waals surface area contributed by atoms with E-state index < -0.39 is 0 Å². The van der Waals surface area contributed by atoms with Crippen LogP contribution in [0.15, 0.2) is 17.3 Å². The summed E-state index contributed by atoms with van der Waals surface area (Å²) < 4.78 is 0. The fourth-order valence-corrected chi connectivity index (χ4v) is 3.33. The van der Waals surface area contributed by atoms with E-state index in [0.717, 1.165) is 19.0 Å². The molecule has 8 heteroatoms. The number of aliphatic imine (C=N–C) groups is 1. The van der Waals surface area contributed by atoms with Gasteiger partial charge in [-0.3, -0.25) is 9.89 Å². The molecule has 3 N–H and O–H groups in total. The van der Waals surface area contributed by atoms with Gasteiger partial charge in [0.25, 0.3) is 0 Å². The fraction of sp³-hybridized carbons (Fsp3) is 0.625. The van der Waals surface area contributed by atoms with Gasteiger partial charge < -0.3 is 16.0 Å². The number of guanidine groups is 1. The van der Waals surface area contributed by atoms with Crippen molar-refractivity contribution in [1.29, 1.82) is 0 Å². The van der Waals surface area contributed by atoms with Crippen molar-refractivity contribution in [2.24, 2.45) is 4.99 Å². The summed E-state index contributed by atoms with van der Waals surface area (Å²) in [5.41, 5.74) is 0. The zero-order chi connectivity index (χ0) is 17.4. The quantitative estimate of drug-likeness (QED) is 0.389. The molecule has 0 aliphatic carbocycles. The molecule has 2 rings (SSSR count). The maximum absolute atomic E-state index is 6.08. The van der Waals surface area contributed by atoms with Gasteiger partial charge in [0.15, 0.2) is 5.96 Å². The second-order valence-electron chi connectivity index (χ2n) is 5.72. The van der Waals surface area contributed by atoms with E-state index in [9.17, 15) is 0 Å². The summed E-state index contributed by atoms with van der Waals surface area (Å²) in [5.74, 6) is 1.45. The Morgan fingerprint density at radius 3 is 2.92 bits per heavy atom. The van der Waals surface area contributed by atoms with Gasteiger partial charge in [0.1, 0.15) is 5.82 Å². The van der Waals surface area contributed by atoms with Crippen LogP contribution in [-0.2, 0) is 0 Å². The Morgan fingerprint density at radius 1 is 1.38 bits per heavy atom. The first-order valence-corrected chi connectivity index (χ1v) is 9.13. The molecule has 1 aromatic rings. The normalized spacial score (nSPS) is 18.7. The van der Waals surface area contributed by atoms with Gasteiger partial charge in [0.05, 0.1) is 10.0 Å². The van der Waals surface area contributed by atoms with Crippen molar-refractivity contribution in [3.8, 4) is 0 Å². The summed E-state index contributed by atoms with van der Waals surface area (Å²) >= 11 is 11.9. The van der Waals surface area contributed by atoms with Crippen LogP contribution in [0, 0.1) is 0 Å². The zero-order valence-corrected chi connectivity index (χ0v) is 15.8. The molecule has 0 bridgehead atoms. The molecule has 24 heavy (non-hydrogen) atoms. The first-order valence-electron chi connectivity index (χ1n) is 8.37. The molecule has 0 spiro atoms. The SMILES string of the molecule is CCN1CCCC1CNC(=NC)NCCNc1ncc(Cl)cc1Cl. The lowest BCUT2D eigenvalue weighted by Gasteiger charge is -2.24. The van der Waals surface area contributed by atoms with Gasteiger partial charge in [-0.05, 0) is 32.0 Å². The number of pyridine rings is 1. The summed E-state index contributed by atoms with van der Waals surface area (Å²) in [6.45, 7) is 6.84. The number of hydrogen-bond donors (Lipinski definition) is 3. The van der Waals surface area contributed by atoms with Gasteiger partial charge >= 0.3 is 0 Å². The minimum atomic E-state index is 0.519. The van der Waals surface area contributed by atoms with Crippen molar-refractivity contribution in [2.75, 3.05) is 45.1 Å². The molecule has 134 valence electrons. The minimum Gasteiger partial charge on any atom is -0.367 e. The van der Waals surface area contributed by atoms with Gasteiger partial charge in [-0.15, -0.1) is 0 Å². The van der Waals surface area contributed by atoms with E-state index in [1.54, 1.807) is 19.3 Å².